The molecule has 7 heteroatoms. The molecular formula is C16H22N2O5. The van der Waals surface area contributed by atoms with E-state index in [4.69, 9.17) is 4.74 Å². The monoisotopic (exact) mass is 322 g/mol. The average molecular weight is 322 g/mol. The van der Waals surface area contributed by atoms with Crippen molar-refractivity contribution in [3.05, 3.63) is 29.8 Å². The molecule has 1 unspecified atom stereocenters. The fraction of sp³-hybridized carbons (Fsp3) is 0.438. The number of ether oxygens (including phenoxy) is 2. The van der Waals surface area contributed by atoms with Gasteiger partial charge in [-0.15, -0.1) is 0 Å². The van der Waals surface area contributed by atoms with Crippen LogP contribution in [0.4, 0.5) is 10.5 Å². The number of hydrogen-bond donors (Lipinski definition) is 2. The molecule has 0 saturated heterocycles. The second-order valence-corrected chi connectivity index (χ2v) is 5.93. The molecule has 2 N–H and O–H groups in total. The van der Waals surface area contributed by atoms with Crippen molar-refractivity contribution >= 4 is 23.7 Å². The van der Waals surface area contributed by atoms with Crippen LogP contribution in [0.25, 0.3) is 0 Å². The fourth-order valence-corrected chi connectivity index (χ4v) is 1.61. The number of anilines is 1. The predicted molar refractivity (Wildman–Crippen MR) is 85.2 cm³/mol. The van der Waals surface area contributed by atoms with Crippen LogP contribution in [0.3, 0.4) is 0 Å². The van der Waals surface area contributed by atoms with Gasteiger partial charge in [0.15, 0.2) is 0 Å². The number of alkyl carbamates (subject to hydrolysis) is 1. The van der Waals surface area contributed by atoms with Crippen molar-refractivity contribution in [3.8, 4) is 0 Å². The van der Waals surface area contributed by atoms with E-state index in [1.54, 1.807) is 39.8 Å². The van der Waals surface area contributed by atoms with Crippen LogP contribution in [0, 0.1) is 0 Å². The Bertz CT molecular complexity index is 575. The first kappa shape index (κ1) is 18.5. The highest BCUT2D eigenvalue weighted by Crippen LogP contribution is 2.11. The summed E-state index contributed by atoms with van der Waals surface area (Å²) in [7, 11) is 1.29. The number of amides is 2. The summed E-state index contributed by atoms with van der Waals surface area (Å²) in [5.41, 5.74) is 0.246. The third-order valence-corrected chi connectivity index (χ3v) is 2.70. The lowest BCUT2D eigenvalue weighted by Gasteiger charge is -2.21. The average Bonchev–Trinajstić information content (AvgIpc) is 2.45. The molecule has 1 rings (SSSR count). The van der Waals surface area contributed by atoms with Gasteiger partial charge in [-0.05, 0) is 52.0 Å². The lowest BCUT2D eigenvalue weighted by atomic mass is 10.2. The summed E-state index contributed by atoms with van der Waals surface area (Å²) in [6.07, 6.45) is -0.666. The molecule has 0 aliphatic carbocycles. The van der Waals surface area contributed by atoms with Crippen molar-refractivity contribution in [3.63, 3.8) is 0 Å². The van der Waals surface area contributed by atoms with E-state index in [1.165, 1.54) is 19.2 Å². The number of hydrogen-bond acceptors (Lipinski definition) is 5. The fourth-order valence-electron chi connectivity index (χ4n) is 1.61. The topological polar surface area (TPSA) is 93.7 Å². The SMILES string of the molecule is COC(=O)c1ccc(NC(=O)C(C)NC(=O)OC(C)(C)C)cc1. The molecular weight excluding hydrogens is 300 g/mol. The summed E-state index contributed by atoms with van der Waals surface area (Å²) >= 11 is 0. The Morgan fingerprint density at radius 2 is 1.65 bits per heavy atom. The molecule has 0 heterocycles. The van der Waals surface area contributed by atoms with Gasteiger partial charge in [0, 0.05) is 5.69 Å². The van der Waals surface area contributed by atoms with Crippen molar-refractivity contribution in [2.24, 2.45) is 0 Å². The molecule has 0 aliphatic heterocycles. The standard InChI is InChI=1S/C16H22N2O5/c1-10(17-15(21)23-16(2,3)4)13(19)18-12-8-6-11(7-9-12)14(20)22-5/h6-10H,1-5H3,(H,17,21)(H,18,19). The van der Waals surface area contributed by atoms with E-state index in [1.807, 2.05) is 0 Å². The summed E-state index contributed by atoms with van der Waals surface area (Å²) in [6, 6.07) is 5.44. The lowest BCUT2D eigenvalue weighted by Crippen LogP contribution is -2.43. The van der Waals surface area contributed by atoms with E-state index in [0.29, 0.717) is 11.3 Å². The van der Waals surface area contributed by atoms with Gasteiger partial charge in [-0.25, -0.2) is 9.59 Å². The Hall–Kier alpha value is -2.57. The van der Waals surface area contributed by atoms with Crippen LogP contribution in [-0.4, -0.2) is 36.7 Å². The normalized spacial score (nSPS) is 12.0. The Kier molecular flexibility index (Phi) is 6.12. The van der Waals surface area contributed by atoms with Gasteiger partial charge in [-0.1, -0.05) is 0 Å². The number of carbonyl (C=O) groups is 3. The second kappa shape index (κ2) is 7.62. The zero-order chi connectivity index (χ0) is 17.6. The van der Waals surface area contributed by atoms with E-state index in [9.17, 15) is 14.4 Å². The lowest BCUT2D eigenvalue weighted by molar-refractivity contribution is -0.117. The van der Waals surface area contributed by atoms with Crippen LogP contribution in [0.2, 0.25) is 0 Å². The molecule has 1 aromatic rings. The zero-order valence-electron chi connectivity index (χ0n) is 13.9. The Morgan fingerprint density at radius 3 is 2.13 bits per heavy atom. The van der Waals surface area contributed by atoms with Gasteiger partial charge < -0.3 is 20.1 Å². The molecule has 0 aromatic heterocycles. The Morgan fingerprint density at radius 1 is 1.09 bits per heavy atom. The van der Waals surface area contributed by atoms with Crippen LogP contribution >= 0.6 is 0 Å². The highest BCUT2D eigenvalue weighted by molar-refractivity contribution is 5.97. The number of carbonyl (C=O) groups excluding carboxylic acids is 3. The molecule has 0 spiro atoms. The van der Waals surface area contributed by atoms with Crippen molar-refractivity contribution in [1.82, 2.24) is 5.32 Å². The first-order valence-corrected chi connectivity index (χ1v) is 7.11. The smallest absolute Gasteiger partial charge is 0.408 e. The third-order valence-electron chi connectivity index (χ3n) is 2.70. The maximum absolute atomic E-state index is 12.0. The zero-order valence-corrected chi connectivity index (χ0v) is 13.9. The first-order chi connectivity index (χ1) is 10.6. The molecule has 0 bridgehead atoms. The minimum atomic E-state index is -0.773. The highest BCUT2D eigenvalue weighted by Gasteiger charge is 2.21. The minimum Gasteiger partial charge on any atom is -0.465 e. The van der Waals surface area contributed by atoms with Gasteiger partial charge in [-0.3, -0.25) is 4.79 Å². The minimum absolute atomic E-state index is 0.380. The molecule has 0 fully saturated rings. The molecule has 2 amide bonds. The molecule has 126 valence electrons. The number of nitrogens with one attached hydrogen (secondary N) is 2. The molecule has 1 aromatic carbocycles. The van der Waals surface area contributed by atoms with Crippen molar-refractivity contribution in [2.75, 3.05) is 12.4 Å². The number of benzene rings is 1. The van der Waals surface area contributed by atoms with Crippen LogP contribution in [0.5, 0.6) is 0 Å². The number of methoxy groups -OCH3 is 1. The van der Waals surface area contributed by atoms with Crippen molar-refractivity contribution in [1.29, 1.82) is 0 Å². The maximum atomic E-state index is 12.0. The molecule has 7 nitrogen and oxygen atoms in total. The third kappa shape index (κ3) is 6.37. The highest BCUT2D eigenvalue weighted by atomic mass is 16.6. The number of esters is 1. The molecule has 23 heavy (non-hydrogen) atoms. The van der Waals surface area contributed by atoms with Gasteiger partial charge in [0.2, 0.25) is 5.91 Å². The van der Waals surface area contributed by atoms with Crippen LogP contribution < -0.4 is 10.6 Å². The summed E-state index contributed by atoms with van der Waals surface area (Å²) in [5.74, 6) is -0.857. The van der Waals surface area contributed by atoms with Crippen LogP contribution in [0.1, 0.15) is 38.1 Å². The molecule has 0 saturated carbocycles. The molecule has 1 atom stereocenters. The Balaban J connectivity index is 2.58. The van der Waals surface area contributed by atoms with Gasteiger partial charge in [0.25, 0.3) is 0 Å². The molecule has 0 aliphatic rings. The van der Waals surface area contributed by atoms with E-state index in [-0.39, 0.29) is 0 Å². The summed E-state index contributed by atoms with van der Waals surface area (Å²) < 4.78 is 9.67. The second-order valence-electron chi connectivity index (χ2n) is 5.93. The predicted octanol–water partition coefficient (Wildman–Crippen LogP) is 2.32. The summed E-state index contributed by atoms with van der Waals surface area (Å²) in [6.45, 7) is 6.75. The van der Waals surface area contributed by atoms with E-state index >= 15 is 0 Å². The maximum Gasteiger partial charge on any atom is 0.408 e. The van der Waals surface area contributed by atoms with E-state index in [0.717, 1.165) is 0 Å². The van der Waals surface area contributed by atoms with Crippen molar-refractivity contribution < 1.29 is 23.9 Å². The van der Waals surface area contributed by atoms with Gasteiger partial charge in [0.05, 0.1) is 12.7 Å². The van der Waals surface area contributed by atoms with Crippen molar-refractivity contribution in [2.45, 2.75) is 39.3 Å². The van der Waals surface area contributed by atoms with Gasteiger partial charge in [0.1, 0.15) is 11.6 Å². The van der Waals surface area contributed by atoms with E-state index < -0.39 is 29.6 Å². The summed E-state index contributed by atoms with van der Waals surface area (Å²) in [5, 5.41) is 5.08. The Labute approximate surface area is 135 Å². The number of rotatable bonds is 4. The first-order valence-electron chi connectivity index (χ1n) is 7.11. The van der Waals surface area contributed by atoms with Crippen LogP contribution in [0.15, 0.2) is 24.3 Å². The largest absolute Gasteiger partial charge is 0.465 e. The van der Waals surface area contributed by atoms with Crippen LogP contribution in [-0.2, 0) is 14.3 Å². The summed E-state index contributed by atoms with van der Waals surface area (Å²) in [4.78, 5) is 34.9. The molecule has 0 radical (unpaired) electrons. The quantitative estimate of drug-likeness (QED) is 0.830. The van der Waals surface area contributed by atoms with E-state index in [2.05, 4.69) is 15.4 Å². The van der Waals surface area contributed by atoms with Gasteiger partial charge in [-0.2, -0.15) is 0 Å². The van der Waals surface area contributed by atoms with Gasteiger partial charge >= 0.3 is 12.1 Å².